The molecule has 0 rings (SSSR count). The van der Waals surface area contributed by atoms with Crippen molar-refractivity contribution >= 4 is 39.2 Å². The van der Waals surface area contributed by atoms with E-state index in [9.17, 15) is 9.59 Å². The standard InChI is InChI=1S/2C3H6O2.Pb/c2*1-2-3(4)5;/h2*2H2,1H3,(H,4,5);. The Kier molecular flexibility index (Phi) is 19.5. The number of carboxylic acids is 2. The van der Waals surface area contributed by atoms with E-state index in [1.54, 1.807) is 13.8 Å². The molecule has 0 amide bonds. The molecule has 0 saturated heterocycles. The van der Waals surface area contributed by atoms with E-state index in [0.29, 0.717) is 0 Å². The first-order chi connectivity index (χ1) is 4.54. The molecule has 11 heavy (non-hydrogen) atoms. The topological polar surface area (TPSA) is 74.6 Å². The van der Waals surface area contributed by atoms with E-state index >= 15 is 0 Å². The molecule has 4 nitrogen and oxygen atoms in total. The molecule has 0 aliphatic rings. The van der Waals surface area contributed by atoms with Gasteiger partial charge in [0.15, 0.2) is 0 Å². The zero-order valence-corrected chi connectivity index (χ0v) is 10.5. The van der Waals surface area contributed by atoms with Crippen LogP contribution in [0.1, 0.15) is 26.7 Å². The first-order valence-corrected chi connectivity index (χ1v) is 2.98. The molecule has 0 aromatic rings. The molecule has 0 unspecified atom stereocenters. The van der Waals surface area contributed by atoms with Gasteiger partial charge in [-0.1, -0.05) is 13.8 Å². The Morgan fingerprint density at radius 3 is 1.09 bits per heavy atom. The summed E-state index contributed by atoms with van der Waals surface area (Å²) in [7, 11) is 0. The molecule has 0 spiro atoms. The molecule has 2 N–H and O–H groups in total. The molecule has 0 heterocycles. The third kappa shape index (κ3) is 40.9. The fraction of sp³-hybridized carbons (Fsp3) is 0.667. The maximum Gasteiger partial charge on any atom is 0.303 e. The monoisotopic (exact) mass is 356 g/mol. The number of hydrogen-bond acceptors (Lipinski definition) is 2. The zero-order valence-electron chi connectivity index (χ0n) is 6.63. The molecule has 0 aromatic carbocycles. The van der Waals surface area contributed by atoms with Gasteiger partial charge < -0.3 is 10.2 Å². The van der Waals surface area contributed by atoms with Crippen molar-refractivity contribution in [3.63, 3.8) is 0 Å². The molecule has 0 atom stereocenters. The van der Waals surface area contributed by atoms with Crippen molar-refractivity contribution in [1.82, 2.24) is 0 Å². The van der Waals surface area contributed by atoms with E-state index in [1.165, 1.54) is 0 Å². The van der Waals surface area contributed by atoms with Crippen molar-refractivity contribution in [2.24, 2.45) is 0 Å². The van der Waals surface area contributed by atoms with E-state index in [-0.39, 0.29) is 40.1 Å². The van der Waals surface area contributed by atoms with Crippen molar-refractivity contribution in [2.75, 3.05) is 0 Å². The van der Waals surface area contributed by atoms with Crippen LogP contribution < -0.4 is 0 Å². The minimum Gasteiger partial charge on any atom is -0.481 e. The third-order valence-corrected chi connectivity index (χ3v) is 0.605. The average Bonchev–Trinajstić information content (AvgIpc) is 1.89. The maximum absolute atomic E-state index is 9.37. The molecule has 5 heteroatoms. The van der Waals surface area contributed by atoms with Crippen LogP contribution in [0, 0.1) is 0 Å². The number of aliphatic carboxylic acids is 2. The van der Waals surface area contributed by atoms with Crippen LogP contribution in [0.15, 0.2) is 0 Å². The number of carbonyl (C=O) groups is 2. The molecular weight excluding hydrogens is 343 g/mol. The summed E-state index contributed by atoms with van der Waals surface area (Å²) in [4.78, 5) is 18.7. The minimum absolute atomic E-state index is 0. The van der Waals surface area contributed by atoms with Gasteiger partial charge in [-0.25, -0.2) is 0 Å². The summed E-state index contributed by atoms with van der Waals surface area (Å²) in [6.45, 7) is 3.20. The van der Waals surface area contributed by atoms with Gasteiger partial charge in [0.05, 0.1) is 0 Å². The van der Waals surface area contributed by atoms with E-state index in [1.807, 2.05) is 0 Å². The molecule has 0 aromatic heterocycles. The second-order valence-electron chi connectivity index (χ2n) is 1.49. The first-order valence-electron chi connectivity index (χ1n) is 2.98. The molecule has 0 bridgehead atoms. The van der Waals surface area contributed by atoms with Gasteiger partial charge >= 0.3 is 11.9 Å². The normalized spacial score (nSPS) is 6.73. The Labute approximate surface area is 85.8 Å². The quantitative estimate of drug-likeness (QED) is 0.711. The number of carboxylic acid groups (broad SMARTS) is 2. The predicted molar refractivity (Wildman–Crippen MR) is 41.6 cm³/mol. The average molecular weight is 355 g/mol. The Balaban J connectivity index is -0.000000107. The Bertz CT molecular complexity index is 99.1. The Morgan fingerprint density at radius 2 is 1.09 bits per heavy atom. The van der Waals surface area contributed by atoms with Crippen molar-refractivity contribution < 1.29 is 19.8 Å². The second kappa shape index (κ2) is 12.5. The Hall–Kier alpha value is -0.138. The minimum atomic E-state index is -0.745. The van der Waals surface area contributed by atoms with Crippen molar-refractivity contribution in [3.8, 4) is 0 Å². The molecule has 64 valence electrons. The van der Waals surface area contributed by atoms with E-state index in [4.69, 9.17) is 10.2 Å². The molecule has 0 fully saturated rings. The zero-order chi connectivity index (χ0) is 8.57. The van der Waals surface area contributed by atoms with Gasteiger partial charge in [0.1, 0.15) is 0 Å². The maximum atomic E-state index is 9.37. The molecular formula is C6H12O4Pb. The first kappa shape index (κ1) is 17.1. The van der Waals surface area contributed by atoms with Gasteiger partial charge in [0, 0.05) is 40.1 Å². The Morgan fingerprint density at radius 1 is 1.00 bits per heavy atom. The summed E-state index contributed by atoms with van der Waals surface area (Å²) in [5.41, 5.74) is 0. The summed E-state index contributed by atoms with van der Waals surface area (Å²) in [6.07, 6.45) is 0.444. The van der Waals surface area contributed by atoms with Crippen LogP contribution >= 0.6 is 0 Å². The molecule has 0 saturated carbocycles. The van der Waals surface area contributed by atoms with E-state index in [0.717, 1.165) is 0 Å². The number of hydrogen-bond donors (Lipinski definition) is 2. The van der Waals surface area contributed by atoms with Crippen LogP contribution in [0.25, 0.3) is 0 Å². The fourth-order valence-corrected chi connectivity index (χ4v) is 0. The predicted octanol–water partition coefficient (Wildman–Crippen LogP) is 0.581. The molecule has 4 radical (unpaired) electrons. The van der Waals surface area contributed by atoms with Gasteiger partial charge in [-0.05, 0) is 0 Å². The molecule has 0 aliphatic carbocycles. The number of rotatable bonds is 2. The van der Waals surface area contributed by atoms with Gasteiger partial charge in [0.25, 0.3) is 0 Å². The largest absolute Gasteiger partial charge is 0.481 e. The van der Waals surface area contributed by atoms with Crippen molar-refractivity contribution in [1.29, 1.82) is 0 Å². The van der Waals surface area contributed by atoms with Crippen molar-refractivity contribution in [3.05, 3.63) is 0 Å². The van der Waals surface area contributed by atoms with Gasteiger partial charge in [-0.2, -0.15) is 0 Å². The summed E-state index contributed by atoms with van der Waals surface area (Å²) in [5, 5.41) is 15.4. The van der Waals surface area contributed by atoms with Gasteiger partial charge in [-0.15, -0.1) is 0 Å². The SMILES string of the molecule is CCC(=O)O.CCC(=O)O.[Pb]. The van der Waals surface area contributed by atoms with Gasteiger partial charge in [-0.3, -0.25) is 9.59 Å². The van der Waals surface area contributed by atoms with Crippen LogP contribution in [0.5, 0.6) is 0 Å². The summed E-state index contributed by atoms with van der Waals surface area (Å²) < 4.78 is 0. The summed E-state index contributed by atoms with van der Waals surface area (Å²) in [6, 6.07) is 0. The van der Waals surface area contributed by atoms with E-state index in [2.05, 4.69) is 0 Å². The van der Waals surface area contributed by atoms with Crippen LogP contribution in [-0.2, 0) is 9.59 Å². The van der Waals surface area contributed by atoms with Crippen LogP contribution in [0.4, 0.5) is 0 Å². The van der Waals surface area contributed by atoms with Crippen molar-refractivity contribution in [2.45, 2.75) is 26.7 Å². The smallest absolute Gasteiger partial charge is 0.303 e. The molecule has 0 aliphatic heterocycles. The fourth-order valence-electron chi connectivity index (χ4n) is 0. The van der Waals surface area contributed by atoms with Crippen LogP contribution in [-0.4, -0.2) is 49.5 Å². The van der Waals surface area contributed by atoms with E-state index < -0.39 is 11.9 Å². The second-order valence-corrected chi connectivity index (χ2v) is 1.49. The summed E-state index contributed by atoms with van der Waals surface area (Å²) >= 11 is 0. The van der Waals surface area contributed by atoms with Gasteiger partial charge in [0.2, 0.25) is 0 Å². The third-order valence-electron chi connectivity index (χ3n) is 0.605. The van der Waals surface area contributed by atoms with Crippen LogP contribution in [0.3, 0.4) is 0 Å². The summed E-state index contributed by atoms with van der Waals surface area (Å²) in [5.74, 6) is -1.49. The van der Waals surface area contributed by atoms with Crippen LogP contribution in [0.2, 0.25) is 0 Å².